The topological polar surface area (TPSA) is 67.2 Å². The first-order valence-corrected chi connectivity index (χ1v) is 4.05. The van der Waals surface area contributed by atoms with Crippen LogP contribution in [0.3, 0.4) is 0 Å². The van der Waals surface area contributed by atoms with Gasteiger partial charge in [-0.2, -0.15) is 0 Å². The first-order chi connectivity index (χ1) is 6.13. The Kier molecular flexibility index (Phi) is 2.97. The van der Waals surface area contributed by atoms with Crippen LogP contribution in [0.15, 0.2) is 18.2 Å². The van der Waals surface area contributed by atoms with Crippen LogP contribution in [-0.4, -0.2) is 13.1 Å². The van der Waals surface area contributed by atoms with Crippen molar-refractivity contribution in [3.63, 3.8) is 0 Å². The molecule has 70 valence electrons. The number of benzene rings is 1. The van der Waals surface area contributed by atoms with Crippen molar-refractivity contribution < 1.29 is 4.79 Å². The summed E-state index contributed by atoms with van der Waals surface area (Å²) in [6.45, 7) is 0. The van der Waals surface area contributed by atoms with E-state index in [1.807, 2.05) is 0 Å². The summed E-state index contributed by atoms with van der Waals surface area (Å²) in [5.74, 6) is 0. The van der Waals surface area contributed by atoms with Crippen molar-refractivity contribution in [1.29, 1.82) is 0 Å². The predicted molar refractivity (Wildman–Crippen MR) is 53.9 cm³/mol. The fraction of sp³-hybridized carbons (Fsp3) is 0.125. The third-order valence-electron chi connectivity index (χ3n) is 1.49. The van der Waals surface area contributed by atoms with Crippen molar-refractivity contribution in [1.82, 2.24) is 5.32 Å². The van der Waals surface area contributed by atoms with Crippen LogP contribution in [0.1, 0.15) is 0 Å². The largest absolute Gasteiger partial charge is 0.397 e. The maximum Gasteiger partial charge on any atom is 0.319 e. The van der Waals surface area contributed by atoms with Crippen LogP contribution in [-0.2, 0) is 0 Å². The first kappa shape index (κ1) is 9.67. The molecular weight excluding hydrogens is 190 g/mol. The van der Waals surface area contributed by atoms with E-state index < -0.39 is 0 Å². The van der Waals surface area contributed by atoms with Gasteiger partial charge in [-0.25, -0.2) is 4.79 Å². The zero-order valence-corrected chi connectivity index (χ0v) is 7.85. The molecule has 0 aliphatic heterocycles. The van der Waals surface area contributed by atoms with Crippen molar-refractivity contribution in [3.05, 3.63) is 23.2 Å². The maximum absolute atomic E-state index is 10.9. The monoisotopic (exact) mass is 199 g/mol. The van der Waals surface area contributed by atoms with E-state index in [1.165, 1.54) is 7.05 Å². The van der Waals surface area contributed by atoms with Crippen LogP contribution in [0.25, 0.3) is 0 Å². The van der Waals surface area contributed by atoms with Crippen LogP contribution in [0.2, 0.25) is 5.02 Å². The SMILES string of the molecule is CNC(=O)Nc1ccc(Cl)cc1N. The minimum atomic E-state index is -0.311. The molecule has 5 heteroatoms. The summed E-state index contributed by atoms with van der Waals surface area (Å²) < 4.78 is 0. The molecule has 0 unspecified atom stereocenters. The average molecular weight is 200 g/mol. The standard InChI is InChI=1S/C8H10ClN3O/c1-11-8(13)12-7-3-2-5(9)4-6(7)10/h2-4H,10H2,1H3,(H2,11,12,13). The molecule has 0 saturated heterocycles. The Morgan fingerprint density at radius 3 is 2.77 bits per heavy atom. The highest BCUT2D eigenvalue weighted by Crippen LogP contribution is 2.22. The molecule has 1 aromatic carbocycles. The number of halogens is 1. The van der Waals surface area contributed by atoms with E-state index in [2.05, 4.69) is 10.6 Å². The van der Waals surface area contributed by atoms with Crippen LogP contribution in [0, 0.1) is 0 Å². The minimum Gasteiger partial charge on any atom is -0.397 e. The van der Waals surface area contributed by atoms with Crippen molar-refractivity contribution in [3.8, 4) is 0 Å². The fourth-order valence-electron chi connectivity index (χ4n) is 0.832. The van der Waals surface area contributed by atoms with E-state index in [-0.39, 0.29) is 6.03 Å². The minimum absolute atomic E-state index is 0.311. The van der Waals surface area contributed by atoms with Gasteiger partial charge in [-0.05, 0) is 18.2 Å². The summed E-state index contributed by atoms with van der Waals surface area (Å²) in [6, 6.07) is 4.57. The van der Waals surface area contributed by atoms with Crippen LogP contribution >= 0.6 is 11.6 Å². The summed E-state index contributed by atoms with van der Waals surface area (Å²) in [5.41, 5.74) is 6.58. The summed E-state index contributed by atoms with van der Waals surface area (Å²) >= 11 is 5.68. The molecule has 0 heterocycles. The summed E-state index contributed by atoms with van der Waals surface area (Å²) in [7, 11) is 1.53. The van der Waals surface area contributed by atoms with Gasteiger partial charge in [0, 0.05) is 12.1 Å². The van der Waals surface area contributed by atoms with Crippen LogP contribution < -0.4 is 16.4 Å². The zero-order valence-electron chi connectivity index (χ0n) is 7.10. The number of nitrogens with two attached hydrogens (primary N) is 1. The van der Waals surface area contributed by atoms with Gasteiger partial charge >= 0.3 is 6.03 Å². The number of nitrogen functional groups attached to an aromatic ring is 1. The number of hydrogen-bond donors (Lipinski definition) is 3. The second kappa shape index (κ2) is 4.00. The Labute approximate surface area is 81.1 Å². The van der Waals surface area contributed by atoms with E-state index in [0.29, 0.717) is 16.4 Å². The molecule has 0 aliphatic carbocycles. The number of rotatable bonds is 1. The molecule has 0 aliphatic rings. The van der Waals surface area contributed by atoms with Gasteiger partial charge in [0.2, 0.25) is 0 Å². The van der Waals surface area contributed by atoms with E-state index in [1.54, 1.807) is 18.2 Å². The molecule has 0 radical (unpaired) electrons. The molecule has 0 fully saturated rings. The molecule has 4 N–H and O–H groups in total. The highest BCUT2D eigenvalue weighted by molar-refractivity contribution is 6.31. The summed E-state index contributed by atoms with van der Waals surface area (Å²) in [5, 5.41) is 5.51. The van der Waals surface area contributed by atoms with Gasteiger partial charge in [-0.3, -0.25) is 0 Å². The molecule has 0 saturated carbocycles. The van der Waals surface area contributed by atoms with Gasteiger partial charge in [0.25, 0.3) is 0 Å². The van der Waals surface area contributed by atoms with Crippen LogP contribution in [0.4, 0.5) is 16.2 Å². The van der Waals surface area contributed by atoms with Gasteiger partial charge in [0.1, 0.15) is 0 Å². The van der Waals surface area contributed by atoms with E-state index in [0.717, 1.165) is 0 Å². The lowest BCUT2D eigenvalue weighted by molar-refractivity contribution is 0.254. The number of amides is 2. The van der Waals surface area contributed by atoms with Crippen molar-refractivity contribution in [2.45, 2.75) is 0 Å². The van der Waals surface area contributed by atoms with E-state index in [9.17, 15) is 4.79 Å². The Hall–Kier alpha value is -1.42. The second-order valence-corrected chi connectivity index (χ2v) is 2.87. The number of carbonyl (C=O) groups excluding carboxylic acids is 1. The molecule has 0 aromatic heterocycles. The highest BCUT2D eigenvalue weighted by atomic mass is 35.5. The lowest BCUT2D eigenvalue weighted by Crippen LogP contribution is -2.24. The Morgan fingerprint density at radius 1 is 1.54 bits per heavy atom. The van der Waals surface area contributed by atoms with Crippen molar-refractivity contribution in [2.75, 3.05) is 18.1 Å². The van der Waals surface area contributed by atoms with Gasteiger partial charge in [-0.1, -0.05) is 11.6 Å². The molecule has 0 bridgehead atoms. The maximum atomic E-state index is 10.9. The molecule has 1 aromatic rings. The smallest absolute Gasteiger partial charge is 0.319 e. The number of urea groups is 1. The van der Waals surface area contributed by atoms with Gasteiger partial charge < -0.3 is 16.4 Å². The molecule has 4 nitrogen and oxygen atoms in total. The summed E-state index contributed by atoms with van der Waals surface area (Å²) in [6.07, 6.45) is 0. The van der Waals surface area contributed by atoms with Crippen LogP contribution in [0.5, 0.6) is 0 Å². The third-order valence-corrected chi connectivity index (χ3v) is 1.72. The molecular formula is C8H10ClN3O. The quantitative estimate of drug-likeness (QED) is 0.603. The van der Waals surface area contributed by atoms with Gasteiger partial charge in [-0.15, -0.1) is 0 Å². The summed E-state index contributed by atoms with van der Waals surface area (Å²) in [4.78, 5) is 10.9. The van der Waals surface area contributed by atoms with Gasteiger partial charge in [0.15, 0.2) is 0 Å². The molecule has 2 amide bonds. The number of hydrogen-bond acceptors (Lipinski definition) is 2. The molecule has 1 rings (SSSR count). The fourth-order valence-corrected chi connectivity index (χ4v) is 1.01. The predicted octanol–water partition coefficient (Wildman–Crippen LogP) is 1.67. The van der Waals surface area contributed by atoms with E-state index in [4.69, 9.17) is 17.3 Å². The molecule has 0 spiro atoms. The average Bonchev–Trinajstić information content (AvgIpc) is 2.09. The Bertz CT molecular complexity index is 327. The lowest BCUT2D eigenvalue weighted by Gasteiger charge is -2.07. The normalized spacial score (nSPS) is 9.38. The van der Waals surface area contributed by atoms with Crippen molar-refractivity contribution >= 4 is 29.0 Å². The van der Waals surface area contributed by atoms with E-state index >= 15 is 0 Å². The number of anilines is 2. The second-order valence-electron chi connectivity index (χ2n) is 2.44. The third kappa shape index (κ3) is 2.52. The first-order valence-electron chi connectivity index (χ1n) is 3.67. The molecule has 0 atom stereocenters. The van der Waals surface area contributed by atoms with Gasteiger partial charge in [0.05, 0.1) is 11.4 Å². The number of carbonyl (C=O) groups is 1. The number of nitrogens with one attached hydrogen (secondary N) is 2. The van der Waals surface area contributed by atoms with Crippen molar-refractivity contribution in [2.24, 2.45) is 0 Å². The highest BCUT2D eigenvalue weighted by Gasteiger charge is 2.02. The molecule has 13 heavy (non-hydrogen) atoms. The lowest BCUT2D eigenvalue weighted by atomic mass is 10.3. The Morgan fingerprint density at radius 2 is 2.23 bits per heavy atom. The zero-order chi connectivity index (χ0) is 9.84. The Balaban J connectivity index is 2.83.